The average molecular weight is 1130 g/mol. The van der Waals surface area contributed by atoms with Gasteiger partial charge in [0.1, 0.15) is 0 Å². The van der Waals surface area contributed by atoms with Crippen molar-refractivity contribution in [2.45, 2.75) is 47.0 Å². The summed E-state index contributed by atoms with van der Waals surface area (Å²) in [7, 11) is 0. The van der Waals surface area contributed by atoms with Gasteiger partial charge in [-0.3, -0.25) is 4.99 Å². The summed E-state index contributed by atoms with van der Waals surface area (Å²) < 4.78 is 2.24. The van der Waals surface area contributed by atoms with Crippen molar-refractivity contribution in [2.75, 3.05) is 0 Å². The number of rotatable bonds is 20. The third kappa shape index (κ3) is 13.6. The van der Waals surface area contributed by atoms with Gasteiger partial charge in [0.25, 0.3) is 0 Å². The highest BCUT2D eigenvalue weighted by molar-refractivity contribution is 7.26. The van der Waals surface area contributed by atoms with Crippen molar-refractivity contribution < 1.29 is 0 Å². The van der Waals surface area contributed by atoms with Crippen molar-refractivity contribution in [3.05, 3.63) is 328 Å². The molecule has 0 N–H and O–H groups in total. The van der Waals surface area contributed by atoms with Crippen LogP contribution in [0.15, 0.2) is 273 Å². The number of aliphatic imine (C=N–C) groups is 1. The normalized spacial score (nSPS) is 12.5. The second-order valence-corrected chi connectivity index (χ2v) is 23.3. The molecule has 0 saturated heterocycles. The van der Waals surface area contributed by atoms with Gasteiger partial charge in [0.2, 0.25) is 0 Å². The summed E-state index contributed by atoms with van der Waals surface area (Å²) in [6.45, 7) is 21.7. The van der Waals surface area contributed by atoms with E-state index in [1.54, 1.807) is 22.7 Å². The van der Waals surface area contributed by atoms with Gasteiger partial charge < -0.3 is 0 Å². The largest absolute Gasteiger partial charge is 0.252 e. The molecular weight excluding hydrogens is 1070 g/mol. The van der Waals surface area contributed by atoms with Crippen LogP contribution in [-0.4, -0.2) is 15.7 Å². The predicted octanol–water partition coefficient (Wildman–Crippen LogP) is 22.6. The van der Waals surface area contributed by atoms with Gasteiger partial charge in [0, 0.05) is 37.4 Å². The fourth-order valence-electron chi connectivity index (χ4n) is 10.7. The molecule has 0 atom stereocenters. The molecule has 0 aliphatic carbocycles. The number of allylic oxidation sites excluding steroid dienone is 10. The van der Waals surface area contributed by atoms with Gasteiger partial charge in [-0.15, -0.1) is 22.7 Å². The first-order valence-corrected chi connectivity index (χ1v) is 30.7. The maximum atomic E-state index is 5.30. The second kappa shape index (κ2) is 26.7. The second-order valence-electron chi connectivity index (χ2n) is 21.2. The average Bonchev–Trinajstić information content (AvgIpc) is 2.50. The van der Waals surface area contributed by atoms with Crippen LogP contribution >= 0.6 is 22.7 Å². The smallest absolute Gasteiger partial charge is 0.159 e. The zero-order valence-electron chi connectivity index (χ0n) is 48.7. The molecule has 0 radical (unpaired) electrons. The Bertz CT molecular complexity index is 4450. The van der Waals surface area contributed by atoms with Crippen molar-refractivity contribution in [1.29, 1.82) is 0 Å². The Labute approximate surface area is 509 Å². The topological polar surface area (TPSA) is 38.1 Å². The molecule has 3 aromatic heterocycles. The Balaban J connectivity index is 0.786. The lowest BCUT2D eigenvalue weighted by Gasteiger charge is -2.12. The first-order valence-electron chi connectivity index (χ1n) is 29.0. The maximum Gasteiger partial charge on any atom is 0.159 e. The molecule has 0 aliphatic heterocycles. The summed E-state index contributed by atoms with van der Waals surface area (Å²) in [6.07, 6.45) is 19.6. The molecule has 11 aromatic rings. The lowest BCUT2D eigenvalue weighted by atomic mass is 9.93. The first-order chi connectivity index (χ1) is 41.6. The molecule has 0 bridgehead atoms. The number of fused-ring (bicyclic) bond motifs is 3. The van der Waals surface area contributed by atoms with Gasteiger partial charge in [0.05, 0.1) is 26.5 Å². The monoisotopic (exact) mass is 1130 g/mol. The minimum Gasteiger partial charge on any atom is -0.252 e. The Morgan fingerprint density at radius 2 is 1.13 bits per heavy atom. The third-order valence-electron chi connectivity index (χ3n) is 15.2. The van der Waals surface area contributed by atoms with Crippen molar-refractivity contribution in [1.82, 2.24) is 9.97 Å². The van der Waals surface area contributed by atoms with Crippen LogP contribution in [0.2, 0.25) is 0 Å². The van der Waals surface area contributed by atoms with E-state index in [4.69, 9.17) is 15.0 Å². The molecule has 0 amide bonds. The summed E-state index contributed by atoms with van der Waals surface area (Å²) in [5, 5.41) is 1.11. The van der Waals surface area contributed by atoms with Gasteiger partial charge in [0.15, 0.2) is 5.82 Å². The molecule has 0 unspecified atom stereocenters. The van der Waals surface area contributed by atoms with Crippen molar-refractivity contribution in [2.24, 2.45) is 4.99 Å². The molecule has 5 heteroatoms. The van der Waals surface area contributed by atoms with E-state index < -0.39 is 0 Å². The SMILES string of the molecule is C=Cc1cc(C)c(C(=N/C(C)=C\C=C\c2cccc(C=CCc3ccc(-c4ccc5c(c4)sc4c(-c6ccccc6)nc(C(=C)C=C(CC)c6cccc(C(=CC(=C)c7ccccc7)CC)c6)nc45)cc3)c2)c2cccc(-c3ccccc3)c2)s1. The van der Waals surface area contributed by atoms with Crippen molar-refractivity contribution >= 4 is 89.2 Å². The van der Waals surface area contributed by atoms with Crippen LogP contribution in [0.5, 0.6) is 0 Å². The number of nitrogens with zero attached hydrogens (tertiary/aromatic N) is 3. The number of thiophene rings is 2. The van der Waals surface area contributed by atoms with Crippen molar-refractivity contribution in [3.63, 3.8) is 0 Å². The third-order valence-corrected chi connectivity index (χ3v) is 17.6. The number of aromatic nitrogens is 2. The van der Waals surface area contributed by atoms with E-state index in [9.17, 15) is 0 Å². The van der Waals surface area contributed by atoms with E-state index in [-0.39, 0.29) is 0 Å². The summed E-state index contributed by atoms with van der Waals surface area (Å²) >= 11 is 3.48. The van der Waals surface area contributed by atoms with E-state index in [2.05, 4.69) is 290 Å². The van der Waals surface area contributed by atoms with Gasteiger partial charge in [-0.1, -0.05) is 252 Å². The van der Waals surface area contributed by atoms with Crippen LogP contribution < -0.4 is 0 Å². The Morgan fingerprint density at radius 1 is 0.541 bits per heavy atom. The Hall–Kier alpha value is -9.65. The first kappa shape index (κ1) is 57.2. The molecule has 85 heavy (non-hydrogen) atoms. The quantitative estimate of drug-likeness (QED) is 0.0563. The zero-order valence-corrected chi connectivity index (χ0v) is 50.4. The van der Waals surface area contributed by atoms with Gasteiger partial charge in [-0.25, -0.2) is 9.97 Å². The van der Waals surface area contributed by atoms with Crippen LogP contribution in [-0.2, 0) is 6.42 Å². The van der Waals surface area contributed by atoms with E-state index >= 15 is 0 Å². The molecule has 414 valence electrons. The van der Waals surface area contributed by atoms with E-state index in [1.165, 1.54) is 49.2 Å². The molecule has 3 nitrogen and oxygen atoms in total. The van der Waals surface area contributed by atoms with Gasteiger partial charge >= 0.3 is 0 Å². The predicted molar refractivity (Wildman–Crippen MR) is 372 cm³/mol. The molecule has 0 saturated carbocycles. The lowest BCUT2D eigenvalue weighted by molar-refractivity contribution is 1.18. The van der Waals surface area contributed by atoms with Crippen LogP contribution in [0.3, 0.4) is 0 Å². The molecule has 0 aliphatic rings. The van der Waals surface area contributed by atoms with E-state index in [1.807, 2.05) is 18.2 Å². The van der Waals surface area contributed by atoms with Crippen LogP contribution in [0.4, 0.5) is 0 Å². The Morgan fingerprint density at radius 3 is 1.82 bits per heavy atom. The highest BCUT2D eigenvalue weighted by atomic mass is 32.1. The molecule has 0 fully saturated rings. The highest BCUT2D eigenvalue weighted by Crippen LogP contribution is 2.41. The standard InChI is InChI=1S/C80H67N3S2/c1-8-61(47-54(4)63-31-14-11-15-32-63)67-37-23-38-68(51-67)62(9-2)48-56(6)80-82-75(66-35-18-13-19-36-66)79-77(83-80)73-46-45-70(53-74(73)85-79)65-43-41-58(42-44-65)26-21-28-60-30-22-29-59(50-60)27-20-25-57(7)81-76(78-55(5)49-72(10-3)84-78)71-40-24-39-69(52-71)64-33-16-12-17-34-64/h10-25,27-53H,3-4,6,8-9,26H2,1-2,5,7H3/b27-20+,28-21?,57-25-,61-47?,62-48?,81-76?. The summed E-state index contributed by atoms with van der Waals surface area (Å²) in [6, 6.07) is 75.3. The molecule has 8 aromatic carbocycles. The Kier molecular flexibility index (Phi) is 18.0. The number of hydrogen-bond acceptors (Lipinski definition) is 5. The molecule has 3 heterocycles. The fraction of sp³-hybridized carbons (Fsp3) is 0.0875. The minimum absolute atomic E-state index is 0.629. The van der Waals surface area contributed by atoms with Gasteiger partial charge in [-0.2, -0.15) is 0 Å². The molecule has 0 spiro atoms. The summed E-state index contributed by atoms with van der Waals surface area (Å²) in [5.74, 6) is 0.629. The van der Waals surface area contributed by atoms with Crippen molar-refractivity contribution in [3.8, 4) is 33.5 Å². The highest BCUT2D eigenvalue weighted by Gasteiger charge is 2.19. The summed E-state index contributed by atoms with van der Waals surface area (Å²) in [5.41, 5.74) is 23.0. The number of benzene rings is 8. The van der Waals surface area contributed by atoms with Crippen LogP contribution in [0.1, 0.15) is 93.7 Å². The molecular formula is C80H67N3S2. The van der Waals surface area contributed by atoms with Crippen LogP contribution in [0, 0.1) is 6.92 Å². The van der Waals surface area contributed by atoms with Crippen LogP contribution in [0.25, 0.3) is 94.3 Å². The van der Waals surface area contributed by atoms with E-state index in [0.717, 1.165) is 112 Å². The number of hydrogen-bond donors (Lipinski definition) is 0. The van der Waals surface area contributed by atoms with Gasteiger partial charge in [-0.05, 0) is 154 Å². The maximum absolute atomic E-state index is 5.30. The summed E-state index contributed by atoms with van der Waals surface area (Å²) in [4.78, 5) is 18.1. The number of aryl methyl sites for hydroxylation is 1. The fourth-order valence-corrected chi connectivity index (χ4v) is 12.9. The zero-order chi connectivity index (χ0) is 58.7. The lowest BCUT2D eigenvalue weighted by Crippen LogP contribution is -2.03. The molecule has 11 rings (SSSR count). The van der Waals surface area contributed by atoms with E-state index in [0.29, 0.717) is 5.82 Å². The minimum atomic E-state index is 0.629.